The zero-order valence-corrected chi connectivity index (χ0v) is 21.4. The Hall–Kier alpha value is -2.44. The SMILES string of the molecule is CC1(CN2CCC(COc3ccc(-c4ccc(C(=O)N5CCC[C@@H]5CO)cc4F)cc3)CC2)CCC1. The molecule has 36 heavy (non-hydrogen) atoms. The van der Waals surface area contributed by atoms with Gasteiger partial charge in [0.1, 0.15) is 11.6 Å². The molecule has 0 unspecified atom stereocenters. The lowest BCUT2D eigenvalue weighted by Gasteiger charge is -2.44. The van der Waals surface area contributed by atoms with Crippen LogP contribution in [0.1, 0.15) is 62.2 Å². The zero-order valence-electron chi connectivity index (χ0n) is 21.4. The molecular weight excluding hydrogens is 455 g/mol. The van der Waals surface area contributed by atoms with E-state index < -0.39 is 5.82 Å². The van der Waals surface area contributed by atoms with Crippen molar-refractivity contribution < 1.29 is 19.0 Å². The fourth-order valence-electron chi connectivity index (χ4n) is 6.08. The van der Waals surface area contributed by atoms with E-state index in [1.165, 1.54) is 57.8 Å². The molecule has 0 aromatic heterocycles. The molecule has 194 valence electrons. The van der Waals surface area contributed by atoms with Crippen molar-refractivity contribution in [1.29, 1.82) is 0 Å². The van der Waals surface area contributed by atoms with Gasteiger partial charge in [0, 0.05) is 24.2 Å². The van der Waals surface area contributed by atoms with Gasteiger partial charge in [-0.15, -0.1) is 0 Å². The number of aliphatic hydroxyl groups excluding tert-OH is 1. The Morgan fingerprint density at radius 2 is 1.81 bits per heavy atom. The monoisotopic (exact) mass is 494 g/mol. The number of hydrogen-bond donors (Lipinski definition) is 1. The van der Waals surface area contributed by atoms with Gasteiger partial charge < -0.3 is 19.6 Å². The Morgan fingerprint density at radius 3 is 2.44 bits per heavy atom. The third kappa shape index (κ3) is 5.60. The van der Waals surface area contributed by atoms with Gasteiger partial charge in [0.2, 0.25) is 0 Å². The molecule has 2 heterocycles. The molecule has 1 N–H and O–H groups in total. The van der Waals surface area contributed by atoms with Crippen LogP contribution in [0.25, 0.3) is 11.1 Å². The van der Waals surface area contributed by atoms with E-state index in [1.807, 2.05) is 24.3 Å². The number of likely N-dealkylation sites (tertiary alicyclic amines) is 2. The van der Waals surface area contributed by atoms with Gasteiger partial charge in [0.05, 0.1) is 19.3 Å². The summed E-state index contributed by atoms with van der Waals surface area (Å²) in [5.41, 5.74) is 2.10. The summed E-state index contributed by atoms with van der Waals surface area (Å²) in [5, 5.41) is 9.49. The van der Waals surface area contributed by atoms with E-state index in [9.17, 15) is 14.3 Å². The van der Waals surface area contributed by atoms with Gasteiger partial charge in [0.15, 0.2) is 0 Å². The number of aliphatic hydroxyl groups is 1. The first kappa shape index (κ1) is 25.2. The molecule has 1 aliphatic carbocycles. The fraction of sp³-hybridized carbons (Fsp3) is 0.567. The molecule has 5 nitrogen and oxygen atoms in total. The lowest BCUT2D eigenvalue weighted by molar-refractivity contribution is 0.0564. The van der Waals surface area contributed by atoms with Gasteiger partial charge in [-0.25, -0.2) is 4.39 Å². The second kappa shape index (κ2) is 10.9. The lowest BCUT2D eigenvalue weighted by Crippen LogP contribution is -2.44. The lowest BCUT2D eigenvalue weighted by atomic mass is 9.70. The van der Waals surface area contributed by atoms with Crippen LogP contribution in [0.15, 0.2) is 42.5 Å². The summed E-state index contributed by atoms with van der Waals surface area (Å²) in [7, 11) is 0. The molecule has 0 spiro atoms. The number of halogens is 1. The quantitative estimate of drug-likeness (QED) is 0.536. The number of piperidine rings is 1. The van der Waals surface area contributed by atoms with Gasteiger partial charge >= 0.3 is 0 Å². The van der Waals surface area contributed by atoms with Gasteiger partial charge in [-0.2, -0.15) is 0 Å². The summed E-state index contributed by atoms with van der Waals surface area (Å²) in [5.74, 6) is 0.749. The van der Waals surface area contributed by atoms with Crippen LogP contribution in [0.2, 0.25) is 0 Å². The second-order valence-electron chi connectivity index (χ2n) is 11.4. The van der Waals surface area contributed by atoms with E-state index in [0.717, 1.165) is 30.8 Å². The molecule has 0 bridgehead atoms. The fourth-order valence-corrected chi connectivity index (χ4v) is 6.08. The third-order valence-corrected chi connectivity index (χ3v) is 8.59. The average molecular weight is 495 g/mol. The molecule has 2 saturated heterocycles. The van der Waals surface area contributed by atoms with E-state index in [4.69, 9.17) is 4.74 Å². The summed E-state index contributed by atoms with van der Waals surface area (Å²) in [4.78, 5) is 17.1. The molecule has 3 aliphatic rings. The first-order chi connectivity index (χ1) is 17.4. The van der Waals surface area contributed by atoms with Crippen molar-refractivity contribution in [2.75, 3.05) is 39.4 Å². The van der Waals surface area contributed by atoms with Crippen LogP contribution < -0.4 is 4.74 Å². The number of benzene rings is 2. The maximum Gasteiger partial charge on any atom is 0.254 e. The first-order valence-corrected chi connectivity index (χ1v) is 13.6. The van der Waals surface area contributed by atoms with Crippen LogP contribution in [0.4, 0.5) is 4.39 Å². The van der Waals surface area contributed by atoms with E-state index in [0.29, 0.717) is 29.0 Å². The van der Waals surface area contributed by atoms with Crippen LogP contribution in [-0.2, 0) is 0 Å². The van der Waals surface area contributed by atoms with Crippen molar-refractivity contribution in [3.8, 4) is 16.9 Å². The van der Waals surface area contributed by atoms with Gasteiger partial charge in [-0.3, -0.25) is 4.79 Å². The Bertz CT molecular complexity index is 1040. The number of rotatable bonds is 8. The Kier molecular flexibility index (Phi) is 7.63. The van der Waals surface area contributed by atoms with Crippen LogP contribution in [0.3, 0.4) is 0 Å². The molecule has 5 rings (SSSR count). The second-order valence-corrected chi connectivity index (χ2v) is 11.4. The van der Waals surface area contributed by atoms with Crippen molar-refractivity contribution in [3.63, 3.8) is 0 Å². The molecule has 0 radical (unpaired) electrons. The Morgan fingerprint density at radius 1 is 1.06 bits per heavy atom. The van der Waals surface area contributed by atoms with Gasteiger partial charge in [-0.1, -0.05) is 31.5 Å². The van der Waals surface area contributed by atoms with Crippen LogP contribution >= 0.6 is 0 Å². The van der Waals surface area contributed by atoms with E-state index in [2.05, 4.69) is 11.8 Å². The largest absolute Gasteiger partial charge is 0.493 e. The number of carbonyl (C=O) groups excluding carboxylic acids is 1. The minimum absolute atomic E-state index is 0.0561. The highest BCUT2D eigenvalue weighted by Crippen LogP contribution is 2.41. The molecule has 2 aliphatic heterocycles. The van der Waals surface area contributed by atoms with E-state index in [1.54, 1.807) is 17.0 Å². The summed E-state index contributed by atoms with van der Waals surface area (Å²) in [6, 6.07) is 12.0. The highest BCUT2D eigenvalue weighted by Gasteiger charge is 2.34. The van der Waals surface area contributed by atoms with Crippen LogP contribution in [0.5, 0.6) is 5.75 Å². The average Bonchev–Trinajstić information content (AvgIpc) is 3.36. The summed E-state index contributed by atoms with van der Waals surface area (Å²) >= 11 is 0. The number of nitrogens with zero attached hydrogens (tertiary/aromatic N) is 2. The minimum Gasteiger partial charge on any atom is -0.493 e. The Labute approximate surface area is 214 Å². The molecule has 1 amide bonds. The topological polar surface area (TPSA) is 53.0 Å². The third-order valence-electron chi connectivity index (χ3n) is 8.59. The molecule has 2 aromatic carbocycles. The molecule has 2 aromatic rings. The summed E-state index contributed by atoms with van der Waals surface area (Å²) < 4.78 is 21.0. The van der Waals surface area contributed by atoms with E-state index in [-0.39, 0.29) is 18.6 Å². The number of carbonyl (C=O) groups is 1. The number of amides is 1. The van der Waals surface area contributed by atoms with Gasteiger partial charge in [-0.05, 0) is 92.8 Å². The predicted molar refractivity (Wildman–Crippen MR) is 140 cm³/mol. The molecule has 1 saturated carbocycles. The summed E-state index contributed by atoms with van der Waals surface area (Å²) in [6.07, 6.45) is 8.16. The highest BCUT2D eigenvalue weighted by atomic mass is 19.1. The maximum atomic E-state index is 15.0. The standard InChI is InChI=1S/C30H39FN2O3/c1-30(13-3-14-30)21-32-16-11-22(12-17-32)20-36-26-8-5-23(6-9-26)27-10-7-24(18-28(27)31)29(35)33-15-2-4-25(33)19-34/h5-10,18,22,25,34H,2-4,11-17,19-21H2,1H3/t25-/m1/s1. The molecule has 6 heteroatoms. The smallest absolute Gasteiger partial charge is 0.254 e. The first-order valence-electron chi connectivity index (χ1n) is 13.6. The molecule has 3 fully saturated rings. The zero-order chi connectivity index (χ0) is 25.1. The van der Waals surface area contributed by atoms with Crippen molar-refractivity contribution in [2.24, 2.45) is 11.3 Å². The number of ether oxygens (including phenoxy) is 1. The van der Waals surface area contributed by atoms with Crippen LogP contribution in [-0.4, -0.2) is 66.2 Å². The number of hydrogen-bond acceptors (Lipinski definition) is 4. The summed E-state index contributed by atoms with van der Waals surface area (Å²) in [6.45, 7) is 7.28. The van der Waals surface area contributed by atoms with Crippen LogP contribution in [0, 0.1) is 17.2 Å². The van der Waals surface area contributed by atoms with Crippen molar-refractivity contribution in [3.05, 3.63) is 53.8 Å². The highest BCUT2D eigenvalue weighted by molar-refractivity contribution is 5.95. The van der Waals surface area contributed by atoms with E-state index >= 15 is 0 Å². The predicted octanol–water partition coefficient (Wildman–Crippen LogP) is 5.37. The molecular formula is C30H39FN2O3. The molecule has 1 atom stereocenters. The van der Waals surface area contributed by atoms with Crippen molar-refractivity contribution in [1.82, 2.24) is 9.80 Å². The van der Waals surface area contributed by atoms with Crippen molar-refractivity contribution >= 4 is 5.91 Å². The van der Waals surface area contributed by atoms with Crippen molar-refractivity contribution in [2.45, 2.75) is 57.9 Å². The minimum atomic E-state index is -0.420. The van der Waals surface area contributed by atoms with Gasteiger partial charge in [0.25, 0.3) is 5.91 Å². The Balaban J connectivity index is 1.13. The normalized spacial score (nSPS) is 22.4. The maximum absolute atomic E-state index is 15.0.